The summed E-state index contributed by atoms with van der Waals surface area (Å²) in [5.74, 6) is 1.72. The van der Waals surface area contributed by atoms with E-state index in [-0.39, 0.29) is 0 Å². The smallest absolute Gasteiger partial charge is 0.0754 e. The molecule has 2 nitrogen and oxygen atoms in total. The van der Waals surface area contributed by atoms with E-state index < -0.39 is 0 Å². The Hall–Kier alpha value is -0.0800. The lowest BCUT2D eigenvalue weighted by Crippen LogP contribution is -2.44. The highest BCUT2D eigenvalue weighted by Gasteiger charge is 2.33. The van der Waals surface area contributed by atoms with Crippen LogP contribution in [0.4, 0.5) is 0 Å². The average molecular weight is 211 g/mol. The van der Waals surface area contributed by atoms with Gasteiger partial charge in [-0.2, -0.15) is 0 Å². The zero-order chi connectivity index (χ0) is 10.7. The van der Waals surface area contributed by atoms with Crippen molar-refractivity contribution in [2.24, 2.45) is 11.8 Å². The van der Waals surface area contributed by atoms with Gasteiger partial charge in [-0.05, 0) is 31.2 Å². The number of nitrogens with one attached hydrogen (secondary N) is 1. The summed E-state index contributed by atoms with van der Waals surface area (Å²) in [5.41, 5.74) is 0. The van der Waals surface area contributed by atoms with Crippen molar-refractivity contribution < 1.29 is 4.74 Å². The number of likely N-dealkylation sites (N-methyl/N-ethyl adjacent to an activating group) is 1. The quantitative estimate of drug-likeness (QED) is 0.754. The van der Waals surface area contributed by atoms with Crippen LogP contribution in [0.5, 0.6) is 0 Å². The van der Waals surface area contributed by atoms with Gasteiger partial charge in [0.15, 0.2) is 0 Å². The van der Waals surface area contributed by atoms with Crippen molar-refractivity contribution in [3.8, 4) is 0 Å². The molecule has 0 spiro atoms. The normalized spacial score (nSPS) is 34.0. The van der Waals surface area contributed by atoms with Crippen LogP contribution < -0.4 is 5.32 Å². The summed E-state index contributed by atoms with van der Waals surface area (Å²) in [6, 6.07) is 0.609. The van der Waals surface area contributed by atoms with Crippen LogP contribution in [-0.2, 0) is 4.74 Å². The van der Waals surface area contributed by atoms with Crippen LogP contribution in [-0.4, -0.2) is 25.3 Å². The second kappa shape index (κ2) is 5.31. The van der Waals surface area contributed by atoms with Crippen LogP contribution >= 0.6 is 0 Å². The molecule has 2 fully saturated rings. The molecule has 2 aliphatic rings. The van der Waals surface area contributed by atoms with Gasteiger partial charge >= 0.3 is 0 Å². The Labute approximate surface area is 93.8 Å². The lowest BCUT2D eigenvalue weighted by molar-refractivity contribution is 0.0478. The summed E-state index contributed by atoms with van der Waals surface area (Å²) in [6.45, 7) is 6.58. The highest BCUT2D eigenvalue weighted by molar-refractivity contribution is 4.87. The van der Waals surface area contributed by atoms with Crippen LogP contribution in [0.25, 0.3) is 0 Å². The van der Waals surface area contributed by atoms with Crippen LogP contribution in [0.15, 0.2) is 0 Å². The summed E-state index contributed by atoms with van der Waals surface area (Å²) in [5, 5.41) is 3.63. The second-order valence-corrected chi connectivity index (χ2v) is 5.30. The van der Waals surface area contributed by atoms with E-state index in [1.807, 2.05) is 0 Å². The van der Waals surface area contributed by atoms with Gasteiger partial charge in [0.2, 0.25) is 0 Å². The summed E-state index contributed by atoms with van der Waals surface area (Å²) in [6.07, 6.45) is 7.40. The van der Waals surface area contributed by atoms with Crippen molar-refractivity contribution in [1.29, 1.82) is 0 Å². The van der Waals surface area contributed by atoms with Crippen LogP contribution in [0.2, 0.25) is 0 Å². The van der Waals surface area contributed by atoms with Crippen molar-refractivity contribution in [2.45, 2.75) is 58.1 Å². The molecule has 3 atom stereocenters. The third kappa shape index (κ3) is 2.73. The molecule has 1 N–H and O–H groups in total. The van der Waals surface area contributed by atoms with Crippen molar-refractivity contribution >= 4 is 0 Å². The lowest BCUT2D eigenvalue weighted by Gasteiger charge is -2.34. The summed E-state index contributed by atoms with van der Waals surface area (Å²) < 4.78 is 5.89. The molecule has 88 valence electrons. The molecule has 1 saturated carbocycles. The van der Waals surface area contributed by atoms with Gasteiger partial charge in [-0.25, -0.2) is 0 Å². The molecule has 0 bridgehead atoms. The average Bonchev–Trinajstić information content (AvgIpc) is 2.56. The monoisotopic (exact) mass is 211 g/mol. The fraction of sp³-hybridized carbons (Fsp3) is 1.00. The number of hydrogen-bond donors (Lipinski definition) is 1. The molecule has 1 heterocycles. The lowest BCUT2D eigenvalue weighted by atomic mass is 9.78. The van der Waals surface area contributed by atoms with Gasteiger partial charge < -0.3 is 10.1 Å². The number of hydrogen-bond acceptors (Lipinski definition) is 2. The molecule has 2 rings (SSSR count). The highest BCUT2D eigenvalue weighted by Crippen LogP contribution is 2.34. The van der Waals surface area contributed by atoms with Crippen LogP contribution in [0, 0.1) is 11.8 Å². The molecule has 15 heavy (non-hydrogen) atoms. The zero-order valence-electron chi connectivity index (χ0n) is 10.2. The summed E-state index contributed by atoms with van der Waals surface area (Å²) >= 11 is 0. The van der Waals surface area contributed by atoms with E-state index in [0.29, 0.717) is 12.1 Å². The summed E-state index contributed by atoms with van der Waals surface area (Å²) in [4.78, 5) is 0. The first-order valence-electron chi connectivity index (χ1n) is 6.66. The minimum atomic E-state index is 0.477. The third-order valence-corrected chi connectivity index (χ3v) is 4.12. The third-order valence-electron chi connectivity index (χ3n) is 4.12. The van der Waals surface area contributed by atoms with Crippen molar-refractivity contribution in [2.75, 3.05) is 13.2 Å². The van der Waals surface area contributed by atoms with Crippen molar-refractivity contribution in [1.82, 2.24) is 5.32 Å². The Morgan fingerprint density at radius 3 is 2.60 bits per heavy atom. The molecular weight excluding hydrogens is 186 g/mol. The first kappa shape index (κ1) is 11.4. The largest absolute Gasteiger partial charge is 0.376 e. The van der Waals surface area contributed by atoms with E-state index in [1.54, 1.807) is 0 Å². The van der Waals surface area contributed by atoms with E-state index in [9.17, 15) is 0 Å². The Kier molecular flexibility index (Phi) is 4.04. The van der Waals surface area contributed by atoms with E-state index in [0.717, 1.165) is 25.0 Å². The fourth-order valence-corrected chi connectivity index (χ4v) is 2.91. The minimum Gasteiger partial charge on any atom is -0.376 e. The second-order valence-electron chi connectivity index (χ2n) is 5.30. The Morgan fingerprint density at radius 2 is 2.13 bits per heavy atom. The molecule has 0 aromatic carbocycles. The molecular formula is C13H25NO. The maximum atomic E-state index is 5.89. The van der Waals surface area contributed by atoms with Gasteiger partial charge in [0.05, 0.1) is 6.10 Å². The van der Waals surface area contributed by atoms with Crippen molar-refractivity contribution in [3.63, 3.8) is 0 Å². The van der Waals surface area contributed by atoms with E-state index in [1.165, 1.54) is 32.1 Å². The van der Waals surface area contributed by atoms with Crippen molar-refractivity contribution in [3.05, 3.63) is 0 Å². The van der Waals surface area contributed by atoms with Gasteiger partial charge in [-0.15, -0.1) is 0 Å². The molecule has 1 saturated heterocycles. The summed E-state index contributed by atoms with van der Waals surface area (Å²) in [7, 11) is 0. The number of ether oxygens (including phenoxy) is 1. The van der Waals surface area contributed by atoms with Gasteiger partial charge in [-0.1, -0.05) is 33.1 Å². The van der Waals surface area contributed by atoms with Crippen LogP contribution in [0.3, 0.4) is 0 Å². The Bertz CT molecular complexity index is 191. The molecule has 0 aromatic rings. The highest BCUT2D eigenvalue weighted by atomic mass is 16.5. The molecule has 2 heteroatoms. The molecule has 0 aromatic heterocycles. The molecule has 1 aliphatic heterocycles. The maximum Gasteiger partial charge on any atom is 0.0754 e. The Morgan fingerprint density at radius 1 is 1.33 bits per heavy atom. The van der Waals surface area contributed by atoms with Gasteiger partial charge in [0.1, 0.15) is 0 Å². The molecule has 3 unspecified atom stereocenters. The Balaban J connectivity index is 1.85. The van der Waals surface area contributed by atoms with Gasteiger partial charge in [0.25, 0.3) is 0 Å². The van der Waals surface area contributed by atoms with Gasteiger partial charge in [0, 0.05) is 12.6 Å². The standard InChI is InChI=1S/C13H25NO/c1-3-14-12(9-11-5-4-6-11)13-10(2)7-8-15-13/h10-14H,3-9H2,1-2H3. The minimum absolute atomic E-state index is 0.477. The molecule has 1 aliphatic carbocycles. The van der Waals surface area contributed by atoms with Gasteiger partial charge in [-0.3, -0.25) is 0 Å². The topological polar surface area (TPSA) is 21.3 Å². The first-order valence-corrected chi connectivity index (χ1v) is 6.66. The predicted molar refractivity (Wildman–Crippen MR) is 62.9 cm³/mol. The van der Waals surface area contributed by atoms with E-state index in [2.05, 4.69) is 19.2 Å². The van der Waals surface area contributed by atoms with Crippen LogP contribution in [0.1, 0.15) is 46.0 Å². The van der Waals surface area contributed by atoms with E-state index >= 15 is 0 Å². The SMILES string of the molecule is CCNC(CC1CCC1)C1OCCC1C. The number of rotatable bonds is 5. The maximum absolute atomic E-state index is 5.89. The molecule has 0 radical (unpaired) electrons. The molecule has 0 amide bonds. The fourth-order valence-electron chi connectivity index (χ4n) is 2.91. The van der Waals surface area contributed by atoms with E-state index in [4.69, 9.17) is 4.74 Å². The predicted octanol–water partition coefficient (Wildman–Crippen LogP) is 2.58. The zero-order valence-corrected chi connectivity index (χ0v) is 10.2. The first-order chi connectivity index (χ1) is 7.31.